The van der Waals surface area contributed by atoms with Crippen LogP contribution in [0, 0.1) is 30.1 Å². The lowest BCUT2D eigenvalue weighted by atomic mass is 9.39. The van der Waals surface area contributed by atoms with Gasteiger partial charge in [-0.1, -0.05) is 82.8 Å². The van der Waals surface area contributed by atoms with Crippen LogP contribution >= 0.6 is 11.3 Å². The molecule has 1 aromatic carbocycles. The summed E-state index contributed by atoms with van der Waals surface area (Å²) < 4.78 is 10.1. The number of nitrogens with zero attached hydrogens (tertiary/aromatic N) is 9. The van der Waals surface area contributed by atoms with E-state index in [0.717, 1.165) is 103 Å². The SMILES string of the molecule is CCCCCCCCCC(=O)N(C)CCCCN(c1cc(C)c(Nc2nc3ccccc3s2)nn1)c1ccc(-c2cnn(CC34CC5(C)CC(C)(C3)CC(OCCN(C)C)(C5)C4)c2C)c(C(=O)O)n1. The van der Waals surface area contributed by atoms with Crippen LogP contribution in [0.25, 0.3) is 21.3 Å². The van der Waals surface area contributed by atoms with Gasteiger partial charge in [-0.05, 0) is 138 Å². The van der Waals surface area contributed by atoms with Crippen LogP contribution in [0.3, 0.4) is 0 Å². The Morgan fingerprint density at radius 3 is 2.25 bits per heavy atom. The summed E-state index contributed by atoms with van der Waals surface area (Å²) in [6.07, 6.45) is 18.8. The first kappa shape index (κ1) is 50.4. The third-order valence-corrected chi connectivity index (χ3v) is 16.1. The highest BCUT2D eigenvalue weighted by molar-refractivity contribution is 7.22. The van der Waals surface area contributed by atoms with Gasteiger partial charge < -0.3 is 29.9 Å². The summed E-state index contributed by atoms with van der Waals surface area (Å²) >= 11 is 1.55. The molecule has 2 N–H and O–H groups in total. The Morgan fingerprint density at radius 1 is 0.812 bits per heavy atom. The first-order chi connectivity index (χ1) is 33.0. The number of rotatable bonds is 25. The molecule has 0 spiro atoms. The molecule has 4 aromatic heterocycles. The fourth-order valence-corrected chi connectivity index (χ4v) is 13.9. The number of fused-ring (bicyclic) bond motifs is 1. The number of carboxylic acid groups (broad SMARTS) is 1. The number of aromatic nitrogens is 6. The maximum Gasteiger partial charge on any atom is 0.355 e. The highest BCUT2D eigenvalue weighted by Crippen LogP contribution is 2.72. The molecule has 2 unspecified atom stereocenters. The van der Waals surface area contributed by atoms with Crippen molar-refractivity contribution in [1.29, 1.82) is 0 Å². The molecule has 2 atom stereocenters. The number of para-hydroxylation sites is 1. The first-order valence-electron chi connectivity index (χ1n) is 25.5. The number of unbranched alkanes of at least 4 members (excludes halogenated alkanes) is 7. The van der Waals surface area contributed by atoms with Crippen molar-refractivity contribution in [1.82, 2.24) is 39.7 Å². The second-order valence-corrected chi connectivity index (χ2v) is 23.1. The molecule has 4 aliphatic rings. The third-order valence-electron chi connectivity index (χ3n) is 15.1. The van der Waals surface area contributed by atoms with Crippen LogP contribution in [0.15, 0.2) is 48.7 Å². The van der Waals surface area contributed by atoms with Crippen molar-refractivity contribution >= 4 is 56.0 Å². The van der Waals surface area contributed by atoms with Gasteiger partial charge in [0.25, 0.3) is 0 Å². The van der Waals surface area contributed by atoms with Crippen LogP contribution in [0.5, 0.6) is 0 Å². The Balaban J connectivity index is 1.01. The molecule has 0 radical (unpaired) electrons. The minimum absolute atomic E-state index is 0.0386. The van der Waals surface area contributed by atoms with Gasteiger partial charge in [0, 0.05) is 56.5 Å². The van der Waals surface area contributed by atoms with Crippen molar-refractivity contribution in [2.75, 3.05) is 57.6 Å². The third kappa shape index (κ3) is 11.8. The van der Waals surface area contributed by atoms with Gasteiger partial charge in [-0.3, -0.25) is 9.48 Å². The summed E-state index contributed by atoms with van der Waals surface area (Å²) in [6.45, 7) is 14.7. The number of benzene rings is 1. The average Bonchev–Trinajstić information content (AvgIpc) is 3.86. The van der Waals surface area contributed by atoms with E-state index in [9.17, 15) is 14.7 Å². The van der Waals surface area contributed by atoms with Crippen molar-refractivity contribution < 1.29 is 19.4 Å². The van der Waals surface area contributed by atoms with E-state index in [1.807, 2.05) is 72.4 Å². The van der Waals surface area contributed by atoms with E-state index >= 15 is 0 Å². The molecular weight excluding hydrogens is 885 g/mol. The first-order valence-corrected chi connectivity index (χ1v) is 26.4. The van der Waals surface area contributed by atoms with Gasteiger partial charge in [-0.25, -0.2) is 14.8 Å². The van der Waals surface area contributed by atoms with Crippen LogP contribution in [-0.4, -0.2) is 110 Å². The minimum atomic E-state index is -1.11. The zero-order valence-corrected chi connectivity index (χ0v) is 43.4. The molecule has 1 amide bonds. The summed E-state index contributed by atoms with van der Waals surface area (Å²) in [5.41, 5.74) is 4.28. The van der Waals surface area contributed by atoms with Gasteiger partial charge in [0.1, 0.15) is 5.82 Å². The molecule has 0 saturated heterocycles. The maximum atomic E-state index is 13.2. The smallest absolute Gasteiger partial charge is 0.355 e. The van der Waals surface area contributed by atoms with Crippen molar-refractivity contribution in [3.63, 3.8) is 0 Å². The molecule has 69 heavy (non-hydrogen) atoms. The number of amides is 1. The number of hydrogen-bond acceptors (Lipinski definition) is 12. The molecule has 4 bridgehead atoms. The largest absolute Gasteiger partial charge is 0.476 e. The average molecular weight is 961 g/mol. The van der Waals surface area contributed by atoms with Crippen molar-refractivity contribution in [3.05, 3.63) is 65.6 Å². The van der Waals surface area contributed by atoms with Crippen molar-refractivity contribution in [3.8, 4) is 11.1 Å². The van der Waals surface area contributed by atoms with E-state index in [1.54, 1.807) is 11.3 Å². The van der Waals surface area contributed by atoms with E-state index in [2.05, 4.69) is 66.9 Å². The Bertz CT molecular complexity index is 2540. The number of pyridine rings is 1. The van der Waals surface area contributed by atoms with Crippen LogP contribution in [-0.2, 0) is 16.1 Å². The maximum absolute atomic E-state index is 13.2. The number of ether oxygens (including phenoxy) is 1. The van der Waals surface area contributed by atoms with Crippen LogP contribution in [0.4, 0.5) is 22.6 Å². The van der Waals surface area contributed by atoms with Crippen LogP contribution in [0.1, 0.15) is 145 Å². The Kier molecular flexibility index (Phi) is 15.5. The molecule has 5 aromatic rings. The zero-order valence-electron chi connectivity index (χ0n) is 42.6. The second kappa shape index (κ2) is 21.2. The summed E-state index contributed by atoms with van der Waals surface area (Å²) in [7, 11) is 6.09. The molecule has 4 fully saturated rings. The molecule has 9 rings (SSSR count). The summed E-state index contributed by atoms with van der Waals surface area (Å²) in [5.74, 6) is 0.656. The standard InChI is InChI=1S/C54H76N10O4S/c1-9-10-11-12-13-14-15-22-46(65)62(8)25-18-19-26-63(45-29-38(2)48(60-59-45)58-50-56-42-20-16-17-21-43(42)69-50)44-24-23-40(47(57-44)49(66)67)41-30-55-64(39(41)3)37-53-32-51(4)31-52(5,33-53)35-54(34-51,36-53)68-28-27-61(6)7/h16-17,20-21,23-24,29-30H,9-15,18-19,22,25-28,31-37H2,1-8H3,(H,66,67)(H,56,58,60). The molecular formula is C54H76N10O4S. The van der Waals surface area contributed by atoms with E-state index in [4.69, 9.17) is 19.8 Å². The molecule has 4 heterocycles. The fraction of sp³-hybridized carbons (Fsp3) is 0.611. The van der Waals surface area contributed by atoms with Gasteiger partial charge in [-0.15, -0.1) is 10.2 Å². The predicted molar refractivity (Wildman–Crippen MR) is 277 cm³/mol. The van der Waals surface area contributed by atoms with E-state index in [-0.39, 0.29) is 33.4 Å². The number of carbonyl (C=O) groups excluding carboxylic acids is 1. The summed E-state index contributed by atoms with van der Waals surface area (Å²) in [5, 5.41) is 29.2. The normalized spacial score (nSPS) is 22.7. The van der Waals surface area contributed by atoms with E-state index in [0.29, 0.717) is 48.9 Å². The van der Waals surface area contributed by atoms with Gasteiger partial charge in [0.05, 0.1) is 28.6 Å². The quantitative estimate of drug-likeness (QED) is 0.0535. The molecule has 4 saturated carbocycles. The van der Waals surface area contributed by atoms with E-state index < -0.39 is 5.97 Å². The van der Waals surface area contributed by atoms with Gasteiger partial charge in [0.2, 0.25) is 5.91 Å². The van der Waals surface area contributed by atoms with Crippen molar-refractivity contribution in [2.45, 2.75) is 149 Å². The van der Waals surface area contributed by atoms with E-state index in [1.165, 1.54) is 38.5 Å². The van der Waals surface area contributed by atoms with Gasteiger partial charge in [0.15, 0.2) is 22.5 Å². The highest BCUT2D eigenvalue weighted by Gasteiger charge is 2.66. The lowest BCUT2D eigenvalue weighted by Gasteiger charge is -2.69. The lowest BCUT2D eigenvalue weighted by molar-refractivity contribution is -0.248. The number of aryl methyl sites for hydroxylation is 1. The number of thiazole rings is 1. The Labute approximate surface area is 413 Å². The second-order valence-electron chi connectivity index (χ2n) is 22.1. The Morgan fingerprint density at radius 2 is 1.54 bits per heavy atom. The Hall–Kier alpha value is -4.99. The lowest BCUT2D eigenvalue weighted by Crippen LogP contribution is -2.64. The number of carboxylic acids is 1. The topological polar surface area (TPSA) is 155 Å². The number of likely N-dealkylation sites (N-methyl/N-ethyl adjacent to an activating group) is 1. The predicted octanol–water partition coefficient (Wildman–Crippen LogP) is 11.6. The molecule has 372 valence electrons. The number of carbonyl (C=O) groups is 2. The molecule has 15 heteroatoms. The number of anilines is 4. The van der Waals surface area contributed by atoms with Crippen molar-refractivity contribution in [2.24, 2.45) is 16.2 Å². The number of nitrogens with one attached hydrogen (secondary N) is 1. The fourth-order valence-electron chi connectivity index (χ4n) is 13.0. The number of aromatic carboxylic acids is 1. The summed E-state index contributed by atoms with van der Waals surface area (Å²) in [6, 6.07) is 13.7. The van der Waals surface area contributed by atoms with Gasteiger partial charge in [-0.2, -0.15) is 5.10 Å². The van der Waals surface area contributed by atoms with Gasteiger partial charge >= 0.3 is 5.97 Å². The zero-order chi connectivity index (χ0) is 49.0. The van der Waals surface area contributed by atoms with Crippen LogP contribution < -0.4 is 10.2 Å². The highest BCUT2D eigenvalue weighted by atomic mass is 32.1. The summed E-state index contributed by atoms with van der Waals surface area (Å²) in [4.78, 5) is 41.9. The molecule has 4 aliphatic carbocycles. The molecule has 14 nitrogen and oxygen atoms in total. The minimum Gasteiger partial charge on any atom is -0.476 e. The molecule has 0 aliphatic heterocycles. The van der Waals surface area contributed by atoms with Crippen LogP contribution in [0.2, 0.25) is 0 Å². The number of hydrogen-bond donors (Lipinski definition) is 2. The monoisotopic (exact) mass is 961 g/mol.